The van der Waals surface area contributed by atoms with E-state index in [4.69, 9.17) is 9.84 Å². The predicted molar refractivity (Wildman–Crippen MR) is 78.1 cm³/mol. The molecule has 0 aliphatic rings. The second kappa shape index (κ2) is 7.40. The molecular formula is C14H21NO4S. The van der Waals surface area contributed by atoms with Gasteiger partial charge >= 0.3 is 5.97 Å². The molecule has 20 heavy (non-hydrogen) atoms. The monoisotopic (exact) mass is 299 g/mol. The van der Waals surface area contributed by atoms with Gasteiger partial charge < -0.3 is 15.2 Å². The molecule has 0 radical (unpaired) electrons. The van der Waals surface area contributed by atoms with Crippen LogP contribution in [0, 0.1) is 0 Å². The first-order valence-electron chi connectivity index (χ1n) is 6.57. The van der Waals surface area contributed by atoms with Crippen molar-refractivity contribution in [3.8, 4) is 0 Å². The smallest absolute Gasteiger partial charge is 0.305 e. The zero-order valence-electron chi connectivity index (χ0n) is 12.1. The molecule has 1 aromatic rings. The molecule has 0 aromatic carbocycles. The maximum Gasteiger partial charge on any atom is 0.305 e. The predicted octanol–water partition coefficient (Wildman–Crippen LogP) is 2.66. The Balaban J connectivity index is 2.90. The van der Waals surface area contributed by atoms with Crippen LogP contribution in [0.1, 0.15) is 48.3 Å². The second-order valence-electron chi connectivity index (χ2n) is 4.72. The SMILES string of the molecule is CCC(CC)(CC(=O)O)NC(=O)c1sccc1COC. The Morgan fingerprint density at radius 2 is 2.05 bits per heavy atom. The number of carboxylic acid groups (broad SMARTS) is 1. The molecule has 1 rings (SSSR count). The van der Waals surface area contributed by atoms with Crippen LogP contribution in [0.4, 0.5) is 0 Å². The van der Waals surface area contributed by atoms with Gasteiger partial charge in [-0.3, -0.25) is 9.59 Å². The molecule has 5 nitrogen and oxygen atoms in total. The minimum Gasteiger partial charge on any atom is -0.481 e. The van der Waals surface area contributed by atoms with Gasteiger partial charge in [0.05, 0.1) is 23.4 Å². The van der Waals surface area contributed by atoms with Crippen LogP contribution in [0.15, 0.2) is 11.4 Å². The lowest BCUT2D eigenvalue weighted by Crippen LogP contribution is -2.49. The summed E-state index contributed by atoms with van der Waals surface area (Å²) in [5.41, 5.74) is 0.128. The number of thiophene rings is 1. The van der Waals surface area contributed by atoms with E-state index in [1.807, 2.05) is 25.3 Å². The summed E-state index contributed by atoms with van der Waals surface area (Å²) in [7, 11) is 1.58. The van der Waals surface area contributed by atoms with Gasteiger partial charge in [0.25, 0.3) is 5.91 Å². The van der Waals surface area contributed by atoms with E-state index in [-0.39, 0.29) is 12.3 Å². The van der Waals surface area contributed by atoms with Crippen LogP contribution in [-0.2, 0) is 16.1 Å². The highest BCUT2D eigenvalue weighted by Crippen LogP contribution is 2.23. The van der Waals surface area contributed by atoms with E-state index in [1.54, 1.807) is 7.11 Å². The van der Waals surface area contributed by atoms with E-state index in [9.17, 15) is 9.59 Å². The molecule has 0 spiro atoms. The van der Waals surface area contributed by atoms with Gasteiger partial charge in [0, 0.05) is 12.7 Å². The van der Waals surface area contributed by atoms with Gasteiger partial charge in [-0.15, -0.1) is 11.3 Å². The summed E-state index contributed by atoms with van der Waals surface area (Å²) in [5, 5.41) is 13.8. The van der Waals surface area contributed by atoms with E-state index < -0.39 is 11.5 Å². The van der Waals surface area contributed by atoms with Crippen molar-refractivity contribution in [1.29, 1.82) is 0 Å². The maximum absolute atomic E-state index is 12.4. The topological polar surface area (TPSA) is 75.6 Å². The number of hydrogen-bond acceptors (Lipinski definition) is 4. The van der Waals surface area contributed by atoms with Crippen LogP contribution >= 0.6 is 11.3 Å². The molecule has 0 bridgehead atoms. The van der Waals surface area contributed by atoms with E-state index in [0.29, 0.717) is 24.3 Å². The van der Waals surface area contributed by atoms with Gasteiger partial charge in [-0.1, -0.05) is 13.8 Å². The average molecular weight is 299 g/mol. The average Bonchev–Trinajstić information content (AvgIpc) is 2.86. The van der Waals surface area contributed by atoms with Crippen LogP contribution in [0.5, 0.6) is 0 Å². The number of ether oxygens (including phenoxy) is 1. The Morgan fingerprint density at radius 1 is 1.40 bits per heavy atom. The fourth-order valence-electron chi connectivity index (χ4n) is 2.11. The molecule has 0 unspecified atom stereocenters. The van der Waals surface area contributed by atoms with Crippen LogP contribution in [0.2, 0.25) is 0 Å². The molecule has 0 aliphatic heterocycles. The number of carbonyl (C=O) groups excluding carboxylic acids is 1. The largest absolute Gasteiger partial charge is 0.481 e. The third kappa shape index (κ3) is 4.05. The van der Waals surface area contributed by atoms with Gasteiger partial charge in [0.15, 0.2) is 0 Å². The molecule has 1 heterocycles. The van der Waals surface area contributed by atoms with Crippen molar-refractivity contribution in [1.82, 2.24) is 5.32 Å². The summed E-state index contributed by atoms with van der Waals surface area (Å²) in [5.74, 6) is -1.13. The number of hydrogen-bond donors (Lipinski definition) is 2. The highest BCUT2D eigenvalue weighted by atomic mass is 32.1. The van der Waals surface area contributed by atoms with Crippen molar-refractivity contribution in [3.05, 3.63) is 21.9 Å². The number of aliphatic carboxylic acids is 1. The van der Waals surface area contributed by atoms with Crippen molar-refractivity contribution >= 4 is 23.2 Å². The zero-order chi connectivity index (χ0) is 15.2. The third-order valence-electron chi connectivity index (χ3n) is 3.47. The fraction of sp³-hybridized carbons (Fsp3) is 0.571. The molecule has 1 amide bonds. The summed E-state index contributed by atoms with van der Waals surface area (Å²) in [4.78, 5) is 24.0. The first kappa shape index (κ1) is 16.7. The van der Waals surface area contributed by atoms with Gasteiger partial charge in [-0.2, -0.15) is 0 Å². The van der Waals surface area contributed by atoms with E-state index in [2.05, 4.69) is 5.32 Å². The van der Waals surface area contributed by atoms with Crippen molar-refractivity contribution < 1.29 is 19.4 Å². The third-order valence-corrected chi connectivity index (χ3v) is 4.43. The summed E-state index contributed by atoms with van der Waals surface area (Å²) in [6, 6.07) is 1.85. The Labute approximate surface area is 123 Å². The minimum absolute atomic E-state index is 0.0727. The second-order valence-corrected chi connectivity index (χ2v) is 5.64. The first-order valence-corrected chi connectivity index (χ1v) is 7.45. The van der Waals surface area contributed by atoms with Gasteiger partial charge in [-0.25, -0.2) is 0 Å². The Hall–Kier alpha value is -1.40. The number of amides is 1. The van der Waals surface area contributed by atoms with Crippen molar-refractivity contribution in [2.24, 2.45) is 0 Å². The Bertz CT molecular complexity index is 465. The molecule has 112 valence electrons. The van der Waals surface area contributed by atoms with Gasteiger partial charge in [0.1, 0.15) is 0 Å². The number of nitrogens with one attached hydrogen (secondary N) is 1. The van der Waals surface area contributed by atoms with Crippen molar-refractivity contribution in [2.45, 2.75) is 45.3 Å². The zero-order valence-corrected chi connectivity index (χ0v) is 12.9. The van der Waals surface area contributed by atoms with Crippen LogP contribution in [-0.4, -0.2) is 29.6 Å². The molecule has 0 saturated heterocycles. The summed E-state index contributed by atoms with van der Waals surface area (Å²) in [6.45, 7) is 4.14. The van der Waals surface area contributed by atoms with Gasteiger partial charge in [-0.05, 0) is 24.3 Å². The van der Waals surface area contributed by atoms with Crippen molar-refractivity contribution in [3.63, 3.8) is 0 Å². The van der Waals surface area contributed by atoms with Crippen molar-refractivity contribution in [2.75, 3.05) is 7.11 Å². The van der Waals surface area contributed by atoms with E-state index >= 15 is 0 Å². The molecule has 6 heteroatoms. The lowest BCUT2D eigenvalue weighted by atomic mass is 9.89. The summed E-state index contributed by atoms with van der Waals surface area (Å²) >= 11 is 1.34. The molecule has 1 aromatic heterocycles. The van der Waals surface area contributed by atoms with E-state index in [1.165, 1.54) is 11.3 Å². The normalized spacial score (nSPS) is 11.3. The number of rotatable bonds is 8. The highest BCUT2D eigenvalue weighted by molar-refractivity contribution is 7.12. The Morgan fingerprint density at radius 3 is 2.55 bits per heavy atom. The minimum atomic E-state index is -0.905. The lowest BCUT2D eigenvalue weighted by molar-refractivity contribution is -0.138. The van der Waals surface area contributed by atoms with Crippen LogP contribution in [0.3, 0.4) is 0 Å². The molecule has 2 N–H and O–H groups in total. The molecule has 0 aliphatic carbocycles. The lowest BCUT2D eigenvalue weighted by Gasteiger charge is -2.31. The molecule has 0 atom stereocenters. The fourth-order valence-corrected chi connectivity index (χ4v) is 2.92. The number of carboxylic acids is 1. The number of carbonyl (C=O) groups is 2. The maximum atomic E-state index is 12.4. The first-order chi connectivity index (χ1) is 9.48. The Kier molecular flexibility index (Phi) is 6.16. The summed E-state index contributed by atoms with van der Waals surface area (Å²) < 4.78 is 5.06. The standard InChI is InChI=1S/C14H21NO4S/c1-4-14(5-2,8-11(16)17)15-13(18)12-10(9-19-3)6-7-20-12/h6-7H,4-5,8-9H2,1-3H3,(H,15,18)(H,16,17). The van der Waals surface area contributed by atoms with Gasteiger partial charge in [0.2, 0.25) is 0 Å². The highest BCUT2D eigenvalue weighted by Gasteiger charge is 2.32. The van der Waals surface area contributed by atoms with Crippen LogP contribution < -0.4 is 5.32 Å². The summed E-state index contributed by atoms with van der Waals surface area (Å²) in [6.07, 6.45) is 1.08. The molecule has 0 fully saturated rings. The molecule has 0 saturated carbocycles. The van der Waals surface area contributed by atoms with E-state index in [0.717, 1.165) is 5.56 Å². The number of methoxy groups -OCH3 is 1. The quantitative estimate of drug-likeness (QED) is 0.774. The molecular weight excluding hydrogens is 278 g/mol. The van der Waals surface area contributed by atoms with Crippen LogP contribution in [0.25, 0.3) is 0 Å².